The molecular formula is C15H12ClF3N2O2. The Hall–Kier alpha value is -2.41. The Labute approximate surface area is 135 Å². The van der Waals surface area contributed by atoms with Crippen LogP contribution >= 0.6 is 11.6 Å². The third-order valence-electron chi connectivity index (χ3n) is 3.04. The predicted octanol–water partition coefficient (Wildman–Crippen LogP) is 4.20. The van der Waals surface area contributed by atoms with Crippen LogP contribution in [0.25, 0.3) is 0 Å². The number of amides is 1. The lowest BCUT2D eigenvalue weighted by Gasteiger charge is -2.13. The highest BCUT2D eigenvalue weighted by Gasteiger charge is 2.31. The molecule has 0 bridgehead atoms. The number of alkyl halides is 3. The molecule has 0 atom stereocenters. The van der Waals surface area contributed by atoms with Gasteiger partial charge >= 0.3 is 6.18 Å². The number of carbonyl (C=O) groups excluding carboxylic acids is 1. The van der Waals surface area contributed by atoms with Gasteiger partial charge in [-0.3, -0.25) is 4.79 Å². The molecule has 1 amide bonds. The Morgan fingerprint density at radius 2 is 1.91 bits per heavy atom. The van der Waals surface area contributed by atoms with Crippen LogP contribution in [0.15, 0.2) is 36.4 Å². The third-order valence-corrected chi connectivity index (χ3v) is 3.27. The molecular weight excluding hydrogens is 333 g/mol. The molecule has 0 radical (unpaired) electrons. The summed E-state index contributed by atoms with van der Waals surface area (Å²) in [5.74, 6) is -0.342. The average molecular weight is 345 g/mol. The summed E-state index contributed by atoms with van der Waals surface area (Å²) in [4.78, 5) is 12.2. The molecule has 0 spiro atoms. The molecule has 23 heavy (non-hydrogen) atoms. The fraction of sp³-hybridized carbons (Fsp3) is 0.133. The number of carbonyl (C=O) groups is 1. The summed E-state index contributed by atoms with van der Waals surface area (Å²) in [7, 11) is 1.37. The summed E-state index contributed by atoms with van der Waals surface area (Å²) in [6.07, 6.45) is -4.50. The number of halogens is 4. The lowest BCUT2D eigenvalue weighted by molar-refractivity contribution is -0.137. The number of ether oxygens (including phenoxy) is 1. The number of benzene rings is 2. The standard InChI is InChI=1S/C15H12ClF3N2O2/c1-23-13-7-9(16)3-4-10(13)14(22)21-12-5-2-8(6-11(12)20)15(17,18)19/h2-7H,20H2,1H3,(H,21,22). The van der Waals surface area contributed by atoms with E-state index in [9.17, 15) is 18.0 Å². The fourth-order valence-electron chi connectivity index (χ4n) is 1.90. The molecule has 0 aliphatic carbocycles. The second-order valence-corrected chi connectivity index (χ2v) is 5.03. The number of rotatable bonds is 3. The van der Waals surface area contributed by atoms with Gasteiger partial charge in [0, 0.05) is 5.02 Å². The van der Waals surface area contributed by atoms with Crippen LogP contribution in [0.3, 0.4) is 0 Å². The molecule has 0 heterocycles. The lowest BCUT2D eigenvalue weighted by Crippen LogP contribution is -2.15. The van der Waals surface area contributed by atoms with Crippen molar-refractivity contribution in [1.82, 2.24) is 0 Å². The normalized spacial score (nSPS) is 11.2. The third kappa shape index (κ3) is 3.87. The van der Waals surface area contributed by atoms with Gasteiger partial charge in [-0.2, -0.15) is 13.2 Å². The van der Waals surface area contributed by atoms with Gasteiger partial charge in [-0.1, -0.05) is 11.6 Å². The van der Waals surface area contributed by atoms with Crippen LogP contribution in [-0.4, -0.2) is 13.0 Å². The molecule has 122 valence electrons. The molecule has 0 fully saturated rings. The van der Waals surface area contributed by atoms with Crippen LogP contribution in [0.4, 0.5) is 24.5 Å². The maximum Gasteiger partial charge on any atom is 0.416 e. The van der Waals surface area contributed by atoms with Crippen molar-refractivity contribution in [2.45, 2.75) is 6.18 Å². The molecule has 0 aliphatic heterocycles. The average Bonchev–Trinajstić information content (AvgIpc) is 2.47. The molecule has 0 unspecified atom stereocenters. The summed E-state index contributed by atoms with van der Waals surface area (Å²) in [6.45, 7) is 0. The largest absolute Gasteiger partial charge is 0.496 e. The van der Waals surface area contributed by atoms with E-state index in [-0.39, 0.29) is 22.7 Å². The topological polar surface area (TPSA) is 64.3 Å². The minimum atomic E-state index is -4.50. The van der Waals surface area contributed by atoms with Crippen molar-refractivity contribution in [3.63, 3.8) is 0 Å². The summed E-state index contributed by atoms with van der Waals surface area (Å²) < 4.78 is 42.8. The summed E-state index contributed by atoms with van der Waals surface area (Å²) in [6, 6.07) is 7.08. The Bertz CT molecular complexity index is 748. The van der Waals surface area contributed by atoms with Crippen molar-refractivity contribution in [2.24, 2.45) is 0 Å². The Morgan fingerprint density at radius 1 is 1.22 bits per heavy atom. The van der Waals surface area contributed by atoms with E-state index in [0.29, 0.717) is 5.02 Å². The SMILES string of the molecule is COc1cc(Cl)ccc1C(=O)Nc1ccc(C(F)(F)F)cc1N. The van der Waals surface area contributed by atoms with E-state index in [1.165, 1.54) is 25.3 Å². The maximum atomic E-state index is 12.6. The number of nitrogens with one attached hydrogen (secondary N) is 1. The van der Waals surface area contributed by atoms with Gasteiger partial charge in [-0.05, 0) is 36.4 Å². The van der Waals surface area contributed by atoms with E-state index in [1.807, 2.05) is 0 Å². The van der Waals surface area contributed by atoms with Crippen LogP contribution in [0.5, 0.6) is 5.75 Å². The fourth-order valence-corrected chi connectivity index (χ4v) is 2.06. The first-order valence-corrected chi connectivity index (χ1v) is 6.72. The van der Waals surface area contributed by atoms with Gasteiger partial charge < -0.3 is 15.8 Å². The lowest BCUT2D eigenvalue weighted by atomic mass is 10.1. The minimum absolute atomic E-state index is 0.0694. The van der Waals surface area contributed by atoms with Crippen LogP contribution in [0.1, 0.15) is 15.9 Å². The minimum Gasteiger partial charge on any atom is -0.496 e. The monoisotopic (exact) mass is 344 g/mol. The van der Waals surface area contributed by atoms with E-state index in [0.717, 1.165) is 18.2 Å². The Morgan fingerprint density at radius 3 is 2.48 bits per heavy atom. The zero-order valence-electron chi connectivity index (χ0n) is 11.9. The first-order chi connectivity index (χ1) is 10.7. The highest BCUT2D eigenvalue weighted by Crippen LogP contribution is 2.33. The summed E-state index contributed by atoms with van der Waals surface area (Å²) >= 11 is 5.81. The Kier molecular flexibility index (Phi) is 4.70. The van der Waals surface area contributed by atoms with Crippen LogP contribution in [-0.2, 0) is 6.18 Å². The second-order valence-electron chi connectivity index (χ2n) is 4.60. The van der Waals surface area contributed by atoms with E-state index in [2.05, 4.69) is 5.32 Å². The highest BCUT2D eigenvalue weighted by atomic mass is 35.5. The number of nitrogens with two attached hydrogens (primary N) is 1. The van der Waals surface area contributed by atoms with Gasteiger partial charge in [0.1, 0.15) is 5.75 Å². The van der Waals surface area contributed by atoms with E-state index < -0.39 is 17.6 Å². The van der Waals surface area contributed by atoms with Gasteiger partial charge in [-0.15, -0.1) is 0 Å². The summed E-state index contributed by atoms with van der Waals surface area (Å²) in [5.41, 5.74) is 4.73. The van der Waals surface area contributed by atoms with E-state index >= 15 is 0 Å². The zero-order valence-corrected chi connectivity index (χ0v) is 12.6. The molecule has 0 aromatic heterocycles. The van der Waals surface area contributed by atoms with Crippen molar-refractivity contribution in [1.29, 1.82) is 0 Å². The first kappa shape index (κ1) is 17.0. The van der Waals surface area contributed by atoms with Crippen molar-refractivity contribution in [3.05, 3.63) is 52.5 Å². The maximum absolute atomic E-state index is 12.6. The van der Waals surface area contributed by atoms with Crippen LogP contribution in [0, 0.1) is 0 Å². The van der Waals surface area contributed by atoms with E-state index in [4.69, 9.17) is 22.1 Å². The molecule has 2 rings (SSSR count). The number of hydrogen-bond donors (Lipinski definition) is 2. The first-order valence-electron chi connectivity index (χ1n) is 6.34. The zero-order chi connectivity index (χ0) is 17.2. The summed E-state index contributed by atoms with van der Waals surface area (Å²) in [5, 5.41) is 2.83. The molecule has 8 heteroatoms. The van der Waals surface area contributed by atoms with Crippen molar-refractivity contribution in [3.8, 4) is 5.75 Å². The van der Waals surface area contributed by atoms with Crippen molar-refractivity contribution in [2.75, 3.05) is 18.2 Å². The highest BCUT2D eigenvalue weighted by molar-refractivity contribution is 6.31. The quantitative estimate of drug-likeness (QED) is 0.820. The Balaban J connectivity index is 2.27. The van der Waals surface area contributed by atoms with Crippen molar-refractivity contribution < 1.29 is 22.7 Å². The second kappa shape index (κ2) is 6.37. The van der Waals surface area contributed by atoms with Gasteiger partial charge in [0.05, 0.1) is 29.6 Å². The molecule has 3 N–H and O–H groups in total. The molecule has 2 aromatic carbocycles. The van der Waals surface area contributed by atoms with E-state index in [1.54, 1.807) is 0 Å². The molecule has 2 aromatic rings. The van der Waals surface area contributed by atoms with Gasteiger partial charge in [-0.25, -0.2) is 0 Å². The van der Waals surface area contributed by atoms with Gasteiger partial charge in [0.15, 0.2) is 0 Å². The van der Waals surface area contributed by atoms with Gasteiger partial charge in [0.2, 0.25) is 0 Å². The number of methoxy groups -OCH3 is 1. The van der Waals surface area contributed by atoms with Crippen molar-refractivity contribution >= 4 is 28.9 Å². The smallest absolute Gasteiger partial charge is 0.416 e. The van der Waals surface area contributed by atoms with Crippen LogP contribution < -0.4 is 15.8 Å². The van der Waals surface area contributed by atoms with Gasteiger partial charge in [0.25, 0.3) is 5.91 Å². The number of hydrogen-bond acceptors (Lipinski definition) is 3. The predicted molar refractivity (Wildman–Crippen MR) is 81.8 cm³/mol. The van der Waals surface area contributed by atoms with Crippen LogP contribution in [0.2, 0.25) is 5.02 Å². The number of nitrogen functional groups attached to an aromatic ring is 1. The molecule has 0 aliphatic rings. The number of anilines is 2. The molecule has 4 nitrogen and oxygen atoms in total. The molecule has 0 saturated carbocycles. The molecule has 0 saturated heterocycles.